The molecule has 0 atom stereocenters. The van der Waals surface area contributed by atoms with Crippen molar-refractivity contribution in [3.63, 3.8) is 0 Å². The molecule has 5 rings (SSSR count). The van der Waals surface area contributed by atoms with E-state index in [2.05, 4.69) is 40.5 Å². The number of anilines is 1. The second-order valence-corrected chi connectivity index (χ2v) is 8.29. The summed E-state index contributed by atoms with van der Waals surface area (Å²) < 4.78 is 5.96. The molecular formula is C21H17N9O3S. The number of H-pyrrole nitrogens is 1. The number of nitrogens with two attached hydrogens (primary N) is 1. The standard InChI is InChI=1S/C21H17N9O3S/c1-11-6-8-12(9-7-11)34-10-15-17(25-29-30(15)19-18(22)27-33-28-19)21(32)26-24-16-13-4-2-3-5-14(13)23-20(16)31/h2-9,23,31H,10H2,1H3,(H2,22,27). The van der Waals surface area contributed by atoms with Gasteiger partial charge < -0.3 is 15.8 Å². The van der Waals surface area contributed by atoms with Crippen molar-refractivity contribution in [2.75, 3.05) is 5.73 Å². The number of aromatic hydroxyl groups is 1. The van der Waals surface area contributed by atoms with Gasteiger partial charge in [-0.3, -0.25) is 4.79 Å². The van der Waals surface area contributed by atoms with E-state index in [0.29, 0.717) is 22.3 Å². The molecule has 0 saturated heterocycles. The van der Waals surface area contributed by atoms with E-state index in [1.807, 2.05) is 37.3 Å². The van der Waals surface area contributed by atoms with Crippen LogP contribution in [-0.2, 0) is 5.75 Å². The number of hydrogen-bond acceptors (Lipinski definition) is 10. The van der Waals surface area contributed by atoms with Crippen molar-refractivity contribution in [1.29, 1.82) is 0 Å². The van der Waals surface area contributed by atoms with Gasteiger partial charge in [0.25, 0.3) is 0 Å². The van der Waals surface area contributed by atoms with Crippen LogP contribution >= 0.6 is 11.8 Å². The Morgan fingerprint density at radius 1 is 1.21 bits per heavy atom. The Labute approximate surface area is 195 Å². The Balaban J connectivity index is 1.48. The topological polar surface area (TPSA) is 173 Å². The molecular weight excluding hydrogens is 458 g/mol. The molecule has 34 heavy (non-hydrogen) atoms. The Morgan fingerprint density at radius 3 is 2.76 bits per heavy atom. The number of para-hydroxylation sites is 1. The molecule has 13 heteroatoms. The summed E-state index contributed by atoms with van der Waals surface area (Å²) in [6, 6.07) is 15.1. The van der Waals surface area contributed by atoms with Crippen LogP contribution in [0.15, 0.2) is 68.3 Å². The number of carbonyl (C=O) groups is 1. The lowest BCUT2D eigenvalue weighted by molar-refractivity contribution is 0.0989. The number of rotatable bonds is 6. The van der Waals surface area contributed by atoms with E-state index in [9.17, 15) is 9.90 Å². The van der Waals surface area contributed by atoms with E-state index >= 15 is 0 Å². The first-order valence-corrected chi connectivity index (χ1v) is 11.0. The number of nitrogens with zero attached hydrogens (tertiary/aromatic N) is 7. The number of nitrogen functional groups attached to an aromatic ring is 1. The van der Waals surface area contributed by atoms with Crippen molar-refractivity contribution < 1.29 is 14.5 Å². The molecule has 2 aromatic carbocycles. The molecule has 3 aromatic heterocycles. The average molecular weight is 475 g/mol. The number of carbonyl (C=O) groups excluding carboxylic acids is 1. The third-order valence-electron chi connectivity index (χ3n) is 4.96. The highest BCUT2D eigenvalue weighted by Crippen LogP contribution is 2.35. The van der Waals surface area contributed by atoms with Gasteiger partial charge in [0.15, 0.2) is 11.4 Å². The van der Waals surface area contributed by atoms with Crippen molar-refractivity contribution in [2.24, 2.45) is 10.2 Å². The van der Waals surface area contributed by atoms with Crippen molar-refractivity contribution in [3.05, 3.63) is 65.5 Å². The van der Waals surface area contributed by atoms with Crippen LogP contribution in [0.4, 0.5) is 11.5 Å². The number of benzene rings is 2. The molecule has 0 spiro atoms. The van der Waals surface area contributed by atoms with Gasteiger partial charge in [-0.2, -0.15) is 4.68 Å². The summed E-state index contributed by atoms with van der Waals surface area (Å²) in [6.45, 7) is 2.00. The lowest BCUT2D eigenvalue weighted by Gasteiger charge is -2.05. The Hall–Kier alpha value is -4.52. The van der Waals surface area contributed by atoms with Crippen LogP contribution in [0.1, 0.15) is 21.7 Å². The number of aryl methyl sites for hydroxylation is 1. The van der Waals surface area contributed by atoms with Gasteiger partial charge in [-0.1, -0.05) is 41.1 Å². The molecule has 0 saturated carbocycles. The Bertz CT molecular complexity index is 1520. The van der Waals surface area contributed by atoms with Crippen LogP contribution in [0.25, 0.3) is 16.7 Å². The number of thioether (sulfide) groups is 1. The van der Waals surface area contributed by atoms with Crippen LogP contribution in [-0.4, -0.2) is 41.3 Å². The minimum Gasteiger partial charge on any atom is -0.493 e. The molecule has 0 radical (unpaired) electrons. The first-order valence-electron chi connectivity index (χ1n) is 9.99. The SMILES string of the molecule is Cc1ccc(SCc2c(C(=O)N=Nc3c(O)[nH]c4ccccc34)nnn2-c2nonc2N)cc1. The summed E-state index contributed by atoms with van der Waals surface area (Å²) >= 11 is 1.47. The van der Waals surface area contributed by atoms with Crippen LogP contribution in [0.5, 0.6) is 5.88 Å². The summed E-state index contributed by atoms with van der Waals surface area (Å²) in [7, 11) is 0. The molecule has 0 aliphatic rings. The zero-order chi connectivity index (χ0) is 23.7. The van der Waals surface area contributed by atoms with Crippen molar-refractivity contribution in [3.8, 4) is 11.7 Å². The van der Waals surface area contributed by atoms with E-state index in [-0.39, 0.29) is 28.9 Å². The number of fused-ring (bicyclic) bond motifs is 1. The van der Waals surface area contributed by atoms with Gasteiger partial charge in [0.1, 0.15) is 0 Å². The fourth-order valence-electron chi connectivity index (χ4n) is 3.25. The second-order valence-electron chi connectivity index (χ2n) is 7.24. The van der Waals surface area contributed by atoms with Crippen molar-refractivity contribution in [2.45, 2.75) is 17.6 Å². The minimum atomic E-state index is -0.745. The third-order valence-corrected chi connectivity index (χ3v) is 5.98. The Morgan fingerprint density at radius 2 is 2.00 bits per heavy atom. The maximum absolute atomic E-state index is 13.0. The zero-order valence-corrected chi connectivity index (χ0v) is 18.5. The predicted octanol–water partition coefficient (Wildman–Crippen LogP) is 3.94. The molecule has 0 aliphatic heterocycles. The smallest absolute Gasteiger partial charge is 0.317 e. The van der Waals surface area contributed by atoms with Crippen molar-refractivity contribution >= 4 is 40.1 Å². The largest absolute Gasteiger partial charge is 0.493 e. The van der Waals surface area contributed by atoms with Gasteiger partial charge in [0.2, 0.25) is 17.5 Å². The molecule has 0 unspecified atom stereocenters. The van der Waals surface area contributed by atoms with Gasteiger partial charge in [0, 0.05) is 16.0 Å². The number of aromatic nitrogens is 6. The molecule has 4 N–H and O–H groups in total. The van der Waals surface area contributed by atoms with E-state index in [0.717, 1.165) is 10.5 Å². The molecule has 170 valence electrons. The highest BCUT2D eigenvalue weighted by molar-refractivity contribution is 7.98. The summed E-state index contributed by atoms with van der Waals surface area (Å²) in [5, 5.41) is 33.9. The average Bonchev–Trinajstić information content (AvgIpc) is 3.53. The maximum Gasteiger partial charge on any atom is 0.317 e. The summed E-state index contributed by atoms with van der Waals surface area (Å²) in [6.07, 6.45) is 0. The van der Waals surface area contributed by atoms with Gasteiger partial charge in [-0.15, -0.1) is 27.1 Å². The van der Waals surface area contributed by atoms with Crippen LogP contribution in [0.3, 0.4) is 0 Å². The fourth-order valence-corrected chi connectivity index (χ4v) is 4.14. The van der Waals surface area contributed by atoms with Crippen LogP contribution in [0, 0.1) is 6.92 Å². The lowest BCUT2D eigenvalue weighted by atomic mass is 10.2. The van der Waals surface area contributed by atoms with Gasteiger partial charge in [-0.05, 0) is 35.4 Å². The Kier molecular flexibility index (Phi) is 5.51. The molecule has 0 fully saturated rings. The minimum absolute atomic E-state index is 0.00386. The normalized spacial score (nSPS) is 11.6. The van der Waals surface area contributed by atoms with Gasteiger partial charge in [-0.25, -0.2) is 4.63 Å². The number of nitrogens with one attached hydrogen (secondary N) is 1. The molecule has 3 heterocycles. The van der Waals surface area contributed by atoms with E-state index in [1.54, 1.807) is 18.2 Å². The quantitative estimate of drug-likeness (QED) is 0.243. The highest BCUT2D eigenvalue weighted by atomic mass is 32.2. The first-order chi connectivity index (χ1) is 16.5. The number of amides is 1. The van der Waals surface area contributed by atoms with Gasteiger partial charge >= 0.3 is 5.91 Å². The van der Waals surface area contributed by atoms with Crippen LogP contribution in [0.2, 0.25) is 0 Å². The van der Waals surface area contributed by atoms with E-state index in [4.69, 9.17) is 5.73 Å². The summed E-state index contributed by atoms with van der Waals surface area (Å²) in [4.78, 5) is 16.7. The first kappa shape index (κ1) is 21.3. The number of aromatic amines is 1. The third kappa shape index (κ3) is 3.99. The van der Waals surface area contributed by atoms with Crippen LogP contribution < -0.4 is 5.73 Å². The lowest BCUT2D eigenvalue weighted by Crippen LogP contribution is -2.07. The fraction of sp³-hybridized carbons (Fsp3) is 0.0952. The zero-order valence-electron chi connectivity index (χ0n) is 17.7. The number of azo groups is 1. The molecule has 12 nitrogen and oxygen atoms in total. The molecule has 0 bridgehead atoms. The molecule has 1 amide bonds. The van der Waals surface area contributed by atoms with E-state index < -0.39 is 5.91 Å². The second kappa shape index (κ2) is 8.78. The maximum atomic E-state index is 13.0. The van der Waals surface area contributed by atoms with Crippen molar-refractivity contribution in [1.82, 2.24) is 30.3 Å². The van der Waals surface area contributed by atoms with Gasteiger partial charge in [0.05, 0.1) is 11.2 Å². The molecule has 0 aliphatic carbocycles. The number of hydrogen-bond donors (Lipinski definition) is 3. The molecule has 5 aromatic rings. The van der Waals surface area contributed by atoms with E-state index in [1.165, 1.54) is 16.4 Å². The monoisotopic (exact) mass is 475 g/mol. The summed E-state index contributed by atoms with van der Waals surface area (Å²) in [5.74, 6) is -0.534. The predicted molar refractivity (Wildman–Crippen MR) is 123 cm³/mol. The highest BCUT2D eigenvalue weighted by Gasteiger charge is 2.24. The summed E-state index contributed by atoms with van der Waals surface area (Å²) in [5.41, 5.74) is 8.12.